The number of hydrogen-bond donors (Lipinski definition) is 0. The molecule has 0 radical (unpaired) electrons. The SMILES string of the molecule is ClC1=CN=C2N=CC=C12.c1ccncc1. The lowest BCUT2D eigenvalue weighted by atomic mass is 10.3. The van der Waals surface area contributed by atoms with Crippen LogP contribution in [0.1, 0.15) is 0 Å². The van der Waals surface area contributed by atoms with Crippen LogP contribution in [0.3, 0.4) is 0 Å². The van der Waals surface area contributed by atoms with Gasteiger partial charge in [-0.2, -0.15) is 0 Å². The van der Waals surface area contributed by atoms with Gasteiger partial charge < -0.3 is 0 Å². The van der Waals surface area contributed by atoms with E-state index in [1.54, 1.807) is 24.8 Å². The third kappa shape index (κ3) is 2.39. The molecule has 1 aromatic heterocycles. The number of aromatic nitrogens is 1. The van der Waals surface area contributed by atoms with E-state index < -0.39 is 0 Å². The first-order valence-electron chi connectivity index (χ1n) is 4.41. The Morgan fingerprint density at radius 2 is 1.87 bits per heavy atom. The van der Waals surface area contributed by atoms with Crippen molar-refractivity contribution in [1.82, 2.24) is 4.98 Å². The van der Waals surface area contributed by atoms with Gasteiger partial charge in [0.25, 0.3) is 0 Å². The highest BCUT2D eigenvalue weighted by Gasteiger charge is 2.16. The molecule has 0 unspecified atom stereocenters. The Bertz CT molecular complexity index is 431. The molecular formula is C11H8ClN3. The third-order valence-electron chi connectivity index (χ3n) is 1.80. The van der Waals surface area contributed by atoms with Crippen LogP contribution in [0.5, 0.6) is 0 Å². The quantitative estimate of drug-likeness (QED) is 0.658. The van der Waals surface area contributed by atoms with E-state index in [4.69, 9.17) is 11.6 Å². The number of aliphatic imine (C=N–C) groups is 2. The molecule has 1 aromatic rings. The number of nitrogens with zero attached hydrogens (tertiary/aromatic N) is 3. The Kier molecular flexibility index (Phi) is 3.05. The highest BCUT2D eigenvalue weighted by molar-refractivity contribution is 6.38. The molecule has 0 fully saturated rings. The summed E-state index contributed by atoms with van der Waals surface area (Å²) in [7, 11) is 0. The molecule has 0 amide bonds. The van der Waals surface area contributed by atoms with Gasteiger partial charge in [-0.25, -0.2) is 9.98 Å². The molecule has 4 heteroatoms. The van der Waals surface area contributed by atoms with E-state index >= 15 is 0 Å². The van der Waals surface area contributed by atoms with Crippen molar-refractivity contribution in [3.8, 4) is 0 Å². The van der Waals surface area contributed by atoms with Gasteiger partial charge in [-0.15, -0.1) is 0 Å². The summed E-state index contributed by atoms with van der Waals surface area (Å²) in [6.07, 6.45) is 8.66. The normalized spacial score (nSPS) is 15.9. The predicted molar refractivity (Wildman–Crippen MR) is 62.2 cm³/mol. The van der Waals surface area contributed by atoms with E-state index in [2.05, 4.69) is 15.0 Å². The fourth-order valence-corrected chi connectivity index (χ4v) is 1.31. The summed E-state index contributed by atoms with van der Waals surface area (Å²) in [6, 6.07) is 5.72. The second-order valence-electron chi connectivity index (χ2n) is 2.81. The van der Waals surface area contributed by atoms with Crippen LogP contribution in [0.4, 0.5) is 0 Å². The number of rotatable bonds is 0. The van der Waals surface area contributed by atoms with Gasteiger partial charge in [0.2, 0.25) is 0 Å². The van der Waals surface area contributed by atoms with Gasteiger partial charge in [-0.1, -0.05) is 17.7 Å². The van der Waals surface area contributed by atoms with E-state index in [-0.39, 0.29) is 0 Å². The van der Waals surface area contributed by atoms with Gasteiger partial charge in [0.15, 0.2) is 5.84 Å². The zero-order valence-corrected chi connectivity index (χ0v) is 8.59. The van der Waals surface area contributed by atoms with Crippen molar-refractivity contribution >= 4 is 23.7 Å². The first-order chi connectivity index (χ1) is 7.38. The van der Waals surface area contributed by atoms with Crippen molar-refractivity contribution in [3.63, 3.8) is 0 Å². The number of halogens is 1. The van der Waals surface area contributed by atoms with Crippen molar-refractivity contribution in [1.29, 1.82) is 0 Å². The maximum atomic E-state index is 5.71. The second kappa shape index (κ2) is 4.66. The van der Waals surface area contributed by atoms with Crippen LogP contribution in [-0.4, -0.2) is 17.0 Å². The van der Waals surface area contributed by atoms with Crippen LogP contribution in [-0.2, 0) is 0 Å². The molecule has 0 bridgehead atoms. The minimum atomic E-state index is 0.683. The van der Waals surface area contributed by atoms with Crippen molar-refractivity contribution in [2.45, 2.75) is 0 Å². The van der Waals surface area contributed by atoms with E-state index in [0.29, 0.717) is 5.03 Å². The van der Waals surface area contributed by atoms with Gasteiger partial charge in [0, 0.05) is 30.4 Å². The molecule has 15 heavy (non-hydrogen) atoms. The van der Waals surface area contributed by atoms with Crippen LogP contribution in [0.2, 0.25) is 0 Å². The summed E-state index contributed by atoms with van der Waals surface area (Å²) >= 11 is 5.71. The Labute approximate surface area is 92.5 Å². The minimum absolute atomic E-state index is 0.683. The van der Waals surface area contributed by atoms with Crippen LogP contribution < -0.4 is 0 Å². The molecule has 0 N–H and O–H groups in total. The minimum Gasteiger partial charge on any atom is -0.265 e. The molecule has 2 aliphatic heterocycles. The van der Waals surface area contributed by atoms with Crippen LogP contribution in [0.25, 0.3) is 0 Å². The third-order valence-corrected chi connectivity index (χ3v) is 2.10. The van der Waals surface area contributed by atoms with Crippen molar-refractivity contribution in [3.05, 3.63) is 53.5 Å². The zero-order chi connectivity index (χ0) is 10.5. The summed E-state index contributed by atoms with van der Waals surface area (Å²) in [5.74, 6) is 0.736. The molecular weight excluding hydrogens is 210 g/mol. The van der Waals surface area contributed by atoms with E-state index in [9.17, 15) is 0 Å². The Hall–Kier alpha value is -1.74. The van der Waals surface area contributed by atoms with Crippen molar-refractivity contribution in [2.24, 2.45) is 9.98 Å². The van der Waals surface area contributed by atoms with Crippen LogP contribution in [0, 0.1) is 0 Å². The molecule has 0 spiro atoms. The highest BCUT2D eigenvalue weighted by atomic mass is 35.5. The number of hydrogen-bond acceptors (Lipinski definition) is 3. The molecule has 74 valence electrons. The summed E-state index contributed by atoms with van der Waals surface area (Å²) in [4.78, 5) is 11.7. The van der Waals surface area contributed by atoms with Gasteiger partial charge in [-0.3, -0.25) is 4.98 Å². The van der Waals surface area contributed by atoms with Gasteiger partial charge in [0.1, 0.15) is 0 Å². The molecule has 0 saturated carbocycles. The van der Waals surface area contributed by atoms with Crippen LogP contribution >= 0.6 is 11.6 Å². The number of allylic oxidation sites excluding steroid dienone is 1. The predicted octanol–water partition coefficient (Wildman–Crippen LogP) is 2.57. The number of fused-ring (bicyclic) bond motifs is 1. The van der Waals surface area contributed by atoms with E-state index in [1.807, 2.05) is 24.3 Å². The average Bonchev–Trinajstić information content (AvgIpc) is 2.88. The maximum absolute atomic E-state index is 5.71. The van der Waals surface area contributed by atoms with Gasteiger partial charge in [-0.05, 0) is 18.2 Å². The monoisotopic (exact) mass is 217 g/mol. The van der Waals surface area contributed by atoms with Crippen molar-refractivity contribution in [2.75, 3.05) is 0 Å². The molecule has 2 aliphatic rings. The van der Waals surface area contributed by atoms with Crippen molar-refractivity contribution < 1.29 is 0 Å². The maximum Gasteiger partial charge on any atom is 0.160 e. The fourth-order valence-electron chi connectivity index (χ4n) is 1.12. The zero-order valence-electron chi connectivity index (χ0n) is 7.84. The second-order valence-corrected chi connectivity index (χ2v) is 3.22. The summed E-state index contributed by atoms with van der Waals surface area (Å²) < 4.78 is 0. The average molecular weight is 218 g/mol. The lowest BCUT2D eigenvalue weighted by Gasteiger charge is -1.87. The molecule has 0 saturated heterocycles. The first-order valence-corrected chi connectivity index (χ1v) is 4.79. The van der Waals surface area contributed by atoms with E-state index in [1.165, 1.54) is 0 Å². The van der Waals surface area contributed by atoms with E-state index in [0.717, 1.165) is 11.4 Å². The van der Waals surface area contributed by atoms with Crippen LogP contribution in [0.15, 0.2) is 63.5 Å². The largest absolute Gasteiger partial charge is 0.265 e. The molecule has 3 nitrogen and oxygen atoms in total. The number of amidine groups is 1. The molecule has 3 rings (SSSR count). The van der Waals surface area contributed by atoms with Gasteiger partial charge in [0.05, 0.1) is 5.03 Å². The highest BCUT2D eigenvalue weighted by Crippen LogP contribution is 2.24. The topological polar surface area (TPSA) is 37.6 Å². The lowest BCUT2D eigenvalue weighted by molar-refractivity contribution is 1.33. The summed E-state index contributed by atoms with van der Waals surface area (Å²) in [5.41, 5.74) is 0.941. The molecule has 0 aromatic carbocycles. The lowest BCUT2D eigenvalue weighted by Crippen LogP contribution is -1.87. The Morgan fingerprint density at radius 3 is 2.40 bits per heavy atom. The molecule has 0 atom stereocenters. The Morgan fingerprint density at radius 1 is 1.07 bits per heavy atom. The van der Waals surface area contributed by atoms with Gasteiger partial charge >= 0.3 is 0 Å². The standard InChI is InChI=1S/C6H3ClN2.C5H5N/c7-5-3-9-6-4(5)1-2-8-6;1-2-4-6-5-3-1/h1-3H;1-5H. The summed E-state index contributed by atoms with van der Waals surface area (Å²) in [5, 5.41) is 0.683. The number of pyridine rings is 1. The molecule has 0 aliphatic carbocycles. The fraction of sp³-hybridized carbons (Fsp3) is 0. The summed E-state index contributed by atoms with van der Waals surface area (Å²) in [6.45, 7) is 0. The smallest absolute Gasteiger partial charge is 0.160 e. The first kappa shape index (κ1) is 9.80. The molecule has 3 heterocycles. The Balaban J connectivity index is 0.000000124.